The Morgan fingerprint density at radius 3 is 2.03 bits per heavy atom. The number of aromatic nitrogens is 1. The SMILES string of the molecule is COc1cc(C(=O)N2CCN(S(=O)(=O)c3sc(=O)[nH]c3C)CC2)cc(OC)c1OC. The van der Waals surface area contributed by atoms with Gasteiger partial charge in [-0.1, -0.05) is 11.3 Å². The summed E-state index contributed by atoms with van der Waals surface area (Å²) in [6.45, 7) is 2.24. The second-order valence-corrected chi connectivity index (χ2v) is 9.65. The fraction of sp³-hybridized carbons (Fsp3) is 0.444. The van der Waals surface area contributed by atoms with Gasteiger partial charge in [-0.15, -0.1) is 0 Å². The number of carbonyl (C=O) groups excluding carboxylic acids is 1. The van der Waals surface area contributed by atoms with E-state index >= 15 is 0 Å². The fourth-order valence-corrected chi connectivity index (χ4v) is 6.13. The molecule has 1 aromatic carbocycles. The van der Waals surface area contributed by atoms with Crippen molar-refractivity contribution in [3.8, 4) is 17.2 Å². The molecule has 164 valence electrons. The highest BCUT2D eigenvalue weighted by molar-refractivity contribution is 7.91. The Morgan fingerprint density at radius 1 is 1.03 bits per heavy atom. The van der Waals surface area contributed by atoms with E-state index in [1.807, 2.05) is 0 Å². The van der Waals surface area contributed by atoms with Gasteiger partial charge in [-0.3, -0.25) is 9.59 Å². The molecule has 1 fully saturated rings. The summed E-state index contributed by atoms with van der Waals surface area (Å²) >= 11 is 0.670. The molecule has 1 aromatic heterocycles. The lowest BCUT2D eigenvalue weighted by molar-refractivity contribution is 0.0697. The molecule has 0 atom stereocenters. The molecule has 1 N–H and O–H groups in total. The standard InChI is InChI=1S/C18H23N3O7S2/c1-11-17(29-18(23)19-11)30(24,25)21-7-5-20(6-8-21)16(22)12-9-13(26-2)15(28-4)14(10-12)27-3/h9-10H,5-8H2,1-4H3,(H,19,23). The summed E-state index contributed by atoms with van der Waals surface area (Å²) in [5, 5.41) is 0. The minimum atomic E-state index is -3.79. The Hall–Kier alpha value is -2.57. The van der Waals surface area contributed by atoms with Gasteiger partial charge in [0.2, 0.25) is 5.75 Å². The van der Waals surface area contributed by atoms with Gasteiger partial charge in [0, 0.05) is 37.4 Å². The molecule has 0 saturated carbocycles. The predicted octanol–water partition coefficient (Wildman–Crippen LogP) is 0.917. The number of hydrogen-bond donors (Lipinski definition) is 1. The molecule has 30 heavy (non-hydrogen) atoms. The van der Waals surface area contributed by atoms with Crippen LogP contribution in [0.5, 0.6) is 17.2 Å². The molecule has 2 heterocycles. The molecule has 10 nitrogen and oxygen atoms in total. The molecule has 1 amide bonds. The summed E-state index contributed by atoms with van der Waals surface area (Å²) in [6, 6.07) is 3.13. The van der Waals surface area contributed by atoms with Crippen molar-refractivity contribution in [2.24, 2.45) is 0 Å². The number of sulfonamides is 1. The number of nitrogens with zero attached hydrogens (tertiary/aromatic N) is 2. The van der Waals surface area contributed by atoms with E-state index in [-0.39, 0.29) is 36.3 Å². The summed E-state index contributed by atoms with van der Waals surface area (Å²) in [7, 11) is 0.616. The molecule has 12 heteroatoms. The van der Waals surface area contributed by atoms with Crippen LogP contribution < -0.4 is 19.1 Å². The van der Waals surface area contributed by atoms with Crippen LogP contribution in [0.25, 0.3) is 0 Å². The van der Waals surface area contributed by atoms with Gasteiger partial charge < -0.3 is 24.1 Å². The first-order valence-electron chi connectivity index (χ1n) is 9.02. The molecule has 2 aromatic rings. The number of aromatic amines is 1. The number of nitrogens with one attached hydrogen (secondary N) is 1. The van der Waals surface area contributed by atoms with E-state index < -0.39 is 14.9 Å². The first kappa shape index (κ1) is 22.1. The van der Waals surface area contributed by atoms with Crippen LogP contribution in [0.4, 0.5) is 0 Å². The third-order valence-electron chi connectivity index (χ3n) is 4.79. The van der Waals surface area contributed by atoms with Crippen LogP contribution in [0.15, 0.2) is 21.1 Å². The van der Waals surface area contributed by atoms with Crippen molar-refractivity contribution >= 4 is 27.3 Å². The highest BCUT2D eigenvalue weighted by Crippen LogP contribution is 2.38. The summed E-state index contributed by atoms with van der Waals surface area (Å²) in [5.41, 5.74) is 0.668. The second-order valence-electron chi connectivity index (χ2n) is 6.54. The molecule has 1 aliphatic rings. The first-order chi connectivity index (χ1) is 14.2. The number of rotatable bonds is 6. The van der Waals surface area contributed by atoms with Crippen molar-refractivity contribution in [1.29, 1.82) is 0 Å². The average molecular weight is 458 g/mol. The van der Waals surface area contributed by atoms with Crippen molar-refractivity contribution in [3.05, 3.63) is 33.1 Å². The van der Waals surface area contributed by atoms with Gasteiger partial charge in [0.1, 0.15) is 0 Å². The third kappa shape index (κ3) is 4.02. The van der Waals surface area contributed by atoms with E-state index in [1.54, 1.807) is 24.0 Å². The maximum atomic E-state index is 13.0. The number of methoxy groups -OCH3 is 3. The molecule has 3 rings (SSSR count). The third-order valence-corrected chi connectivity index (χ3v) is 8.27. The number of thiazole rings is 1. The van der Waals surface area contributed by atoms with Crippen molar-refractivity contribution in [2.75, 3.05) is 47.5 Å². The van der Waals surface area contributed by atoms with E-state index in [2.05, 4.69) is 4.98 Å². The van der Waals surface area contributed by atoms with Crippen LogP contribution in [-0.4, -0.2) is 76.0 Å². The van der Waals surface area contributed by atoms with Crippen LogP contribution in [0.3, 0.4) is 0 Å². The van der Waals surface area contributed by atoms with Crippen LogP contribution >= 0.6 is 11.3 Å². The van der Waals surface area contributed by atoms with Gasteiger partial charge in [-0.25, -0.2) is 8.42 Å². The lowest BCUT2D eigenvalue weighted by Gasteiger charge is -2.34. The van der Waals surface area contributed by atoms with Crippen LogP contribution in [0.1, 0.15) is 16.1 Å². The molecule has 0 bridgehead atoms. The monoisotopic (exact) mass is 457 g/mol. The van der Waals surface area contributed by atoms with E-state index in [1.165, 1.54) is 25.6 Å². The summed E-state index contributed by atoms with van der Waals surface area (Å²) in [4.78, 5) is 28.1. The van der Waals surface area contributed by atoms with Crippen molar-refractivity contribution in [2.45, 2.75) is 11.1 Å². The molecular weight excluding hydrogens is 434 g/mol. The van der Waals surface area contributed by atoms with Gasteiger partial charge in [-0.2, -0.15) is 4.31 Å². The summed E-state index contributed by atoms with van der Waals surface area (Å²) in [6.07, 6.45) is 0. The number of benzene rings is 1. The fourth-order valence-electron chi connectivity index (χ4n) is 3.27. The highest BCUT2D eigenvalue weighted by Gasteiger charge is 2.33. The Balaban J connectivity index is 1.77. The lowest BCUT2D eigenvalue weighted by Crippen LogP contribution is -2.50. The normalized spacial score (nSPS) is 15.1. The zero-order chi connectivity index (χ0) is 22.1. The number of aryl methyl sites for hydroxylation is 1. The van der Waals surface area contributed by atoms with E-state index in [0.29, 0.717) is 39.8 Å². The van der Waals surface area contributed by atoms with E-state index in [9.17, 15) is 18.0 Å². The van der Waals surface area contributed by atoms with Crippen molar-refractivity contribution < 1.29 is 27.4 Å². The maximum absolute atomic E-state index is 13.0. The topological polar surface area (TPSA) is 118 Å². The second kappa shape index (κ2) is 8.66. The zero-order valence-corrected chi connectivity index (χ0v) is 18.7. The quantitative estimate of drug-likeness (QED) is 0.685. The van der Waals surface area contributed by atoms with Crippen molar-refractivity contribution in [1.82, 2.24) is 14.2 Å². The Kier molecular flexibility index (Phi) is 6.38. The molecule has 1 saturated heterocycles. The van der Waals surface area contributed by atoms with Crippen LogP contribution in [-0.2, 0) is 10.0 Å². The van der Waals surface area contributed by atoms with Crippen molar-refractivity contribution in [3.63, 3.8) is 0 Å². The molecule has 1 aliphatic heterocycles. The van der Waals surface area contributed by atoms with E-state index in [4.69, 9.17) is 14.2 Å². The minimum absolute atomic E-state index is 0.0110. The number of amides is 1. The molecular formula is C18H23N3O7S2. The Morgan fingerprint density at radius 2 is 1.60 bits per heavy atom. The maximum Gasteiger partial charge on any atom is 0.305 e. The number of piperazine rings is 1. The highest BCUT2D eigenvalue weighted by atomic mass is 32.2. The zero-order valence-electron chi connectivity index (χ0n) is 17.1. The van der Waals surface area contributed by atoms with E-state index in [0.717, 1.165) is 0 Å². The Bertz CT molecular complexity index is 1070. The minimum Gasteiger partial charge on any atom is -0.493 e. The number of H-pyrrole nitrogens is 1. The lowest BCUT2D eigenvalue weighted by atomic mass is 10.1. The van der Waals surface area contributed by atoms with Gasteiger partial charge in [0.05, 0.1) is 21.3 Å². The molecule has 0 aliphatic carbocycles. The molecule has 0 spiro atoms. The van der Waals surface area contributed by atoms with Gasteiger partial charge in [0.15, 0.2) is 15.7 Å². The number of carbonyl (C=O) groups is 1. The number of ether oxygens (including phenoxy) is 3. The first-order valence-corrected chi connectivity index (χ1v) is 11.3. The van der Waals surface area contributed by atoms with Gasteiger partial charge >= 0.3 is 4.87 Å². The van der Waals surface area contributed by atoms with Crippen LogP contribution in [0, 0.1) is 6.92 Å². The predicted molar refractivity (Wildman–Crippen MR) is 110 cm³/mol. The average Bonchev–Trinajstić information content (AvgIpc) is 3.10. The largest absolute Gasteiger partial charge is 0.493 e. The smallest absolute Gasteiger partial charge is 0.305 e. The molecule has 0 unspecified atom stereocenters. The van der Waals surface area contributed by atoms with Gasteiger partial charge in [-0.05, 0) is 19.1 Å². The molecule has 0 radical (unpaired) electrons. The number of hydrogen-bond acceptors (Lipinski definition) is 8. The Labute approximate surface area is 178 Å². The summed E-state index contributed by atoms with van der Waals surface area (Å²) in [5.74, 6) is 0.834. The van der Waals surface area contributed by atoms with Gasteiger partial charge in [0.25, 0.3) is 15.9 Å². The summed E-state index contributed by atoms with van der Waals surface area (Å²) < 4.78 is 42.8. The van der Waals surface area contributed by atoms with Crippen LogP contribution in [0.2, 0.25) is 0 Å².